The van der Waals surface area contributed by atoms with Crippen LogP contribution in [0.25, 0.3) is 22.5 Å². The minimum atomic E-state index is -0.438. The second-order valence-corrected chi connectivity index (χ2v) is 9.01. The van der Waals surface area contributed by atoms with Gasteiger partial charge >= 0.3 is 5.97 Å². The molecule has 3 aromatic rings. The molecule has 0 saturated heterocycles. The van der Waals surface area contributed by atoms with Crippen LogP contribution in [0.5, 0.6) is 0 Å². The van der Waals surface area contributed by atoms with Crippen LogP contribution in [0.4, 0.5) is 0 Å². The normalized spacial score (nSPS) is 11.9. The summed E-state index contributed by atoms with van der Waals surface area (Å²) >= 11 is 0. The standard InChI is InChI=1S/C30H38N2O3/c1-4-6-8-9-10-24-11-13-25(14-12-24)26-15-17-27(18-16-26)29-31-20-28(21-32-29)30(33)35-22-23(3)34-19-7-5-2/h11-18,20-21,23H,4-10,19,22H2,1-3H3/t23-/m1/s1. The van der Waals surface area contributed by atoms with Crippen molar-refractivity contribution in [3.05, 3.63) is 72.1 Å². The van der Waals surface area contributed by atoms with E-state index in [0.29, 0.717) is 18.0 Å². The minimum absolute atomic E-state index is 0.133. The highest BCUT2D eigenvalue weighted by atomic mass is 16.6. The Kier molecular flexibility index (Phi) is 10.9. The molecule has 0 amide bonds. The molecule has 186 valence electrons. The Bertz CT molecular complexity index is 1010. The number of nitrogens with zero attached hydrogens (tertiary/aromatic N) is 2. The van der Waals surface area contributed by atoms with Crippen molar-refractivity contribution in [3.63, 3.8) is 0 Å². The predicted molar refractivity (Wildman–Crippen MR) is 141 cm³/mol. The lowest BCUT2D eigenvalue weighted by molar-refractivity contribution is -0.00115. The van der Waals surface area contributed by atoms with Gasteiger partial charge in [-0.15, -0.1) is 0 Å². The van der Waals surface area contributed by atoms with Crippen LogP contribution in [0.1, 0.15) is 75.2 Å². The van der Waals surface area contributed by atoms with E-state index in [0.717, 1.165) is 30.4 Å². The number of ether oxygens (including phenoxy) is 2. The largest absolute Gasteiger partial charge is 0.459 e. The SMILES string of the molecule is CCCCCCc1ccc(-c2ccc(-c3ncc(C(=O)OC[C@@H](C)OCCCC)cn3)cc2)cc1. The molecule has 5 heteroatoms. The number of unbranched alkanes of at least 4 members (excludes halogenated alkanes) is 4. The number of carbonyl (C=O) groups excluding carboxylic acids is 1. The van der Waals surface area contributed by atoms with E-state index in [1.165, 1.54) is 49.2 Å². The number of esters is 1. The van der Waals surface area contributed by atoms with E-state index in [4.69, 9.17) is 9.47 Å². The molecule has 0 fully saturated rings. The quantitative estimate of drug-likeness (QED) is 0.181. The molecule has 0 N–H and O–H groups in total. The Labute approximate surface area is 209 Å². The molecule has 35 heavy (non-hydrogen) atoms. The third-order valence-electron chi connectivity index (χ3n) is 5.99. The lowest BCUT2D eigenvalue weighted by Gasteiger charge is -2.13. The molecule has 0 radical (unpaired) electrons. The number of carbonyl (C=O) groups is 1. The van der Waals surface area contributed by atoms with Gasteiger partial charge in [0.15, 0.2) is 5.82 Å². The maximum Gasteiger partial charge on any atom is 0.341 e. The number of hydrogen-bond donors (Lipinski definition) is 0. The third kappa shape index (κ3) is 8.59. The van der Waals surface area contributed by atoms with E-state index in [1.54, 1.807) is 0 Å². The van der Waals surface area contributed by atoms with Crippen molar-refractivity contribution < 1.29 is 14.3 Å². The summed E-state index contributed by atoms with van der Waals surface area (Å²) in [5.74, 6) is 0.137. The summed E-state index contributed by atoms with van der Waals surface area (Å²) in [7, 11) is 0. The number of aryl methyl sites for hydroxylation is 1. The number of rotatable bonds is 14. The molecule has 0 aliphatic rings. The topological polar surface area (TPSA) is 61.3 Å². The van der Waals surface area contributed by atoms with Crippen LogP contribution < -0.4 is 0 Å². The fraction of sp³-hybridized carbons (Fsp3) is 0.433. The van der Waals surface area contributed by atoms with Crippen LogP contribution in [0.15, 0.2) is 60.9 Å². The van der Waals surface area contributed by atoms with Gasteiger partial charge in [0.05, 0.1) is 11.7 Å². The zero-order chi connectivity index (χ0) is 24.9. The second-order valence-electron chi connectivity index (χ2n) is 9.01. The molecule has 3 rings (SSSR count). The Morgan fingerprint density at radius 2 is 1.40 bits per heavy atom. The first-order valence-electron chi connectivity index (χ1n) is 12.9. The first kappa shape index (κ1) is 26.6. The predicted octanol–water partition coefficient (Wildman–Crippen LogP) is 7.30. The minimum Gasteiger partial charge on any atom is -0.459 e. The molecule has 1 aromatic heterocycles. The van der Waals surface area contributed by atoms with Crippen LogP contribution in [-0.2, 0) is 15.9 Å². The van der Waals surface area contributed by atoms with Crippen LogP contribution in [-0.4, -0.2) is 35.3 Å². The van der Waals surface area contributed by atoms with E-state index in [9.17, 15) is 4.79 Å². The van der Waals surface area contributed by atoms with E-state index in [-0.39, 0.29) is 12.7 Å². The molecule has 0 bridgehead atoms. The van der Waals surface area contributed by atoms with Gasteiger partial charge in [-0.05, 0) is 42.9 Å². The lowest BCUT2D eigenvalue weighted by atomic mass is 10.00. The molecule has 1 atom stereocenters. The van der Waals surface area contributed by atoms with Gasteiger partial charge < -0.3 is 9.47 Å². The average molecular weight is 475 g/mol. The van der Waals surface area contributed by atoms with Gasteiger partial charge in [0.25, 0.3) is 0 Å². The highest BCUT2D eigenvalue weighted by Crippen LogP contribution is 2.24. The molecule has 5 nitrogen and oxygen atoms in total. The molecule has 2 aromatic carbocycles. The zero-order valence-electron chi connectivity index (χ0n) is 21.3. The second kappa shape index (κ2) is 14.4. The van der Waals surface area contributed by atoms with Crippen LogP contribution in [0, 0.1) is 0 Å². The maximum atomic E-state index is 12.3. The van der Waals surface area contributed by atoms with E-state index < -0.39 is 5.97 Å². The summed E-state index contributed by atoms with van der Waals surface area (Å²) in [6.07, 6.45) is 11.3. The van der Waals surface area contributed by atoms with Crippen molar-refractivity contribution >= 4 is 5.97 Å². The first-order chi connectivity index (χ1) is 17.1. The summed E-state index contributed by atoms with van der Waals surface area (Å²) in [4.78, 5) is 21.0. The highest BCUT2D eigenvalue weighted by Gasteiger charge is 2.12. The summed E-state index contributed by atoms with van der Waals surface area (Å²) in [5.41, 5.74) is 4.98. The summed E-state index contributed by atoms with van der Waals surface area (Å²) < 4.78 is 10.9. The fourth-order valence-electron chi connectivity index (χ4n) is 3.77. The van der Waals surface area contributed by atoms with Crippen LogP contribution in [0.2, 0.25) is 0 Å². The van der Waals surface area contributed by atoms with Gasteiger partial charge in [-0.3, -0.25) is 0 Å². The smallest absolute Gasteiger partial charge is 0.341 e. The van der Waals surface area contributed by atoms with E-state index in [2.05, 4.69) is 60.2 Å². The monoisotopic (exact) mass is 474 g/mol. The van der Waals surface area contributed by atoms with E-state index >= 15 is 0 Å². The molecule has 0 aliphatic carbocycles. The lowest BCUT2D eigenvalue weighted by Crippen LogP contribution is -2.19. The Hall–Kier alpha value is -3.05. The summed E-state index contributed by atoms with van der Waals surface area (Å²) in [6, 6.07) is 17.0. The van der Waals surface area contributed by atoms with E-state index in [1.807, 2.05) is 19.1 Å². The maximum absolute atomic E-state index is 12.3. The van der Waals surface area contributed by atoms with Gasteiger partial charge in [0, 0.05) is 24.6 Å². The molecular formula is C30H38N2O3. The fourth-order valence-corrected chi connectivity index (χ4v) is 3.77. The van der Waals surface area contributed by atoms with Crippen molar-refractivity contribution in [1.82, 2.24) is 9.97 Å². The van der Waals surface area contributed by atoms with Gasteiger partial charge in [-0.25, -0.2) is 14.8 Å². The number of aromatic nitrogens is 2. The molecule has 0 unspecified atom stereocenters. The molecule has 0 saturated carbocycles. The molecule has 0 aliphatic heterocycles. The van der Waals surface area contributed by atoms with Crippen molar-refractivity contribution in [2.24, 2.45) is 0 Å². The molecular weight excluding hydrogens is 436 g/mol. The van der Waals surface area contributed by atoms with Gasteiger partial charge in [0.1, 0.15) is 6.61 Å². The zero-order valence-corrected chi connectivity index (χ0v) is 21.3. The average Bonchev–Trinajstić information content (AvgIpc) is 2.90. The van der Waals surface area contributed by atoms with Crippen molar-refractivity contribution in [1.29, 1.82) is 0 Å². The third-order valence-corrected chi connectivity index (χ3v) is 5.99. The molecule has 0 spiro atoms. The Morgan fingerprint density at radius 1 is 0.800 bits per heavy atom. The Balaban J connectivity index is 1.53. The summed E-state index contributed by atoms with van der Waals surface area (Å²) in [6.45, 7) is 7.14. The van der Waals surface area contributed by atoms with Gasteiger partial charge in [-0.1, -0.05) is 88.1 Å². The first-order valence-corrected chi connectivity index (χ1v) is 12.9. The van der Waals surface area contributed by atoms with Gasteiger partial charge in [0.2, 0.25) is 0 Å². The summed E-state index contributed by atoms with van der Waals surface area (Å²) in [5, 5.41) is 0. The Morgan fingerprint density at radius 3 is 2.03 bits per heavy atom. The van der Waals surface area contributed by atoms with Crippen molar-refractivity contribution in [3.8, 4) is 22.5 Å². The van der Waals surface area contributed by atoms with Gasteiger partial charge in [-0.2, -0.15) is 0 Å². The highest BCUT2D eigenvalue weighted by molar-refractivity contribution is 5.88. The number of benzene rings is 2. The number of hydrogen-bond acceptors (Lipinski definition) is 5. The van der Waals surface area contributed by atoms with Crippen LogP contribution >= 0.6 is 0 Å². The van der Waals surface area contributed by atoms with Crippen molar-refractivity contribution in [2.75, 3.05) is 13.2 Å². The van der Waals surface area contributed by atoms with Crippen LogP contribution in [0.3, 0.4) is 0 Å². The van der Waals surface area contributed by atoms with Crippen molar-refractivity contribution in [2.45, 2.75) is 71.8 Å². The molecule has 1 heterocycles.